The monoisotopic (exact) mass is 453 g/mol. The molecule has 1 unspecified atom stereocenters. The van der Waals surface area contributed by atoms with Gasteiger partial charge in [-0.2, -0.15) is 18.3 Å². The molecule has 1 N–H and O–H groups in total. The third-order valence-electron chi connectivity index (χ3n) is 3.64. The number of halogens is 5. The van der Waals surface area contributed by atoms with Gasteiger partial charge in [0.2, 0.25) is 0 Å². The van der Waals surface area contributed by atoms with Crippen LogP contribution in [-0.4, -0.2) is 54.8 Å². The molecule has 2 aromatic heterocycles. The largest absolute Gasteiger partial charge is 0.390 e. The molecular formula is C16H16ClF4N5O2S. The van der Waals surface area contributed by atoms with Crippen LogP contribution in [0.4, 0.5) is 23.2 Å². The van der Waals surface area contributed by atoms with E-state index < -0.39 is 52.3 Å². The molecule has 13 heteroatoms. The summed E-state index contributed by atoms with van der Waals surface area (Å²) in [6.45, 7) is 1.65. The van der Waals surface area contributed by atoms with Crippen LogP contribution in [-0.2, 0) is 15.6 Å². The average molecular weight is 454 g/mol. The molecule has 1 amide bonds. The molecule has 0 radical (unpaired) electrons. The number of carbonyl (C=O) groups excluding carboxylic acids is 1. The summed E-state index contributed by atoms with van der Waals surface area (Å²) in [4.78, 5) is 17.3. The summed E-state index contributed by atoms with van der Waals surface area (Å²) >= 11 is 6.07. The van der Waals surface area contributed by atoms with E-state index in [1.807, 2.05) is 0 Å². The number of rotatable bonds is 8. The quantitative estimate of drug-likeness (QED) is 0.491. The molecule has 2 aromatic rings. The molecule has 0 bridgehead atoms. The predicted octanol–water partition coefficient (Wildman–Crippen LogP) is 3.13. The molecule has 0 fully saturated rings. The van der Waals surface area contributed by atoms with Gasteiger partial charge in [0.1, 0.15) is 17.2 Å². The van der Waals surface area contributed by atoms with E-state index in [0.717, 1.165) is 17.2 Å². The first-order chi connectivity index (χ1) is 13.5. The van der Waals surface area contributed by atoms with Crippen molar-refractivity contribution in [2.75, 3.05) is 23.0 Å². The second-order valence-corrected chi connectivity index (χ2v) is 7.73. The highest BCUT2D eigenvalue weighted by Gasteiger charge is 2.29. The molecular weight excluding hydrogens is 438 g/mol. The number of aromatic nitrogens is 3. The lowest BCUT2D eigenvalue weighted by atomic mass is 10.3. The van der Waals surface area contributed by atoms with Crippen molar-refractivity contribution in [3.8, 4) is 5.69 Å². The van der Waals surface area contributed by atoms with Crippen molar-refractivity contribution in [1.29, 1.82) is 5.41 Å². The number of carbonyl (C=O) groups is 1. The maximum absolute atomic E-state index is 13.3. The SMILES string of the molecule is CCN(C(=O)C(=N)CS(=O)CCC(F)(F)F)c1cn(-c2cncc(F)c2)nc1Cl. The highest BCUT2D eigenvalue weighted by atomic mass is 35.5. The normalized spacial score (nSPS) is 12.6. The molecule has 1 atom stereocenters. The van der Waals surface area contributed by atoms with Gasteiger partial charge in [-0.3, -0.25) is 19.4 Å². The topological polar surface area (TPSA) is 91.9 Å². The van der Waals surface area contributed by atoms with E-state index in [1.165, 1.54) is 17.1 Å². The standard InChI is InChI=1S/C16H16ClF4N5O2S/c1-2-25(15(27)12(22)9-29(28)4-3-16(19,20)21)13-8-26(24-14(13)17)11-5-10(18)6-23-7-11/h5-8,22H,2-4,9H2,1H3. The van der Waals surface area contributed by atoms with Gasteiger partial charge in [-0.25, -0.2) is 9.07 Å². The van der Waals surface area contributed by atoms with Crippen molar-refractivity contribution in [1.82, 2.24) is 14.8 Å². The van der Waals surface area contributed by atoms with Crippen molar-refractivity contribution in [2.24, 2.45) is 0 Å². The van der Waals surface area contributed by atoms with Crippen LogP contribution in [0, 0.1) is 11.2 Å². The number of pyridine rings is 1. The van der Waals surface area contributed by atoms with Gasteiger partial charge in [0.05, 0.1) is 36.5 Å². The summed E-state index contributed by atoms with van der Waals surface area (Å²) in [5.41, 5.74) is -0.275. The predicted molar refractivity (Wildman–Crippen MR) is 101 cm³/mol. The Kier molecular flexibility index (Phi) is 7.47. The number of anilines is 1. The zero-order valence-electron chi connectivity index (χ0n) is 15.0. The molecule has 0 spiro atoms. The third-order valence-corrected chi connectivity index (χ3v) is 5.17. The number of hydrogen-bond donors (Lipinski definition) is 1. The summed E-state index contributed by atoms with van der Waals surface area (Å²) in [6.07, 6.45) is -2.09. The average Bonchev–Trinajstić information content (AvgIpc) is 3.01. The summed E-state index contributed by atoms with van der Waals surface area (Å²) < 4.78 is 62.9. The lowest BCUT2D eigenvalue weighted by Crippen LogP contribution is -2.38. The van der Waals surface area contributed by atoms with Crippen LogP contribution in [0.2, 0.25) is 5.15 Å². The Labute approximate surface area is 170 Å². The Morgan fingerprint density at radius 3 is 2.66 bits per heavy atom. The zero-order valence-corrected chi connectivity index (χ0v) is 16.6. The summed E-state index contributed by atoms with van der Waals surface area (Å²) in [5, 5.41) is 11.7. The van der Waals surface area contributed by atoms with Gasteiger partial charge in [-0.15, -0.1) is 0 Å². The van der Waals surface area contributed by atoms with Gasteiger partial charge in [-0.05, 0) is 6.92 Å². The van der Waals surface area contributed by atoms with Gasteiger partial charge in [0, 0.05) is 29.2 Å². The first-order valence-electron chi connectivity index (χ1n) is 8.19. The van der Waals surface area contributed by atoms with E-state index in [4.69, 9.17) is 17.0 Å². The molecule has 7 nitrogen and oxygen atoms in total. The van der Waals surface area contributed by atoms with Crippen molar-refractivity contribution in [2.45, 2.75) is 19.5 Å². The van der Waals surface area contributed by atoms with Crippen LogP contribution >= 0.6 is 11.6 Å². The van der Waals surface area contributed by atoms with Gasteiger partial charge in [-0.1, -0.05) is 11.6 Å². The minimum Gasteiger partial charge on any atom is -0.303 e. The highest BCUT2D eigenvalue weighted by Crippen LogP contribution is 2.26. The smallest absolute Gasteiger partial charge is 0.303 e. The first-order valence-corrected chi connectivity index (χ1v) is 10.1. The molecule has 158 valence electrons. The molecule has 29 heavy (non-hydrogen) atoms. The van der Waals surface area contributed by atoms with Gasteiger partial charge < -0.3 is 4.90 Å². The minimum atomic E-state index is -4.47. The summed E-state index contributed by atoms with van der Waals surface area (Å²) in [6, 6.07) is 1.14. The fourth-order valence-electron chi connectivity index (χ4n) is 2.29. The van der Waals surface area contributed by atoms with E-state index in [9.17, 15) is 26.6 Å². The second-order valence-electron chi connectivity index (χ2n) is 5.79. The van der Waals surface area contributed by atoms with Crippen LogP contribution in [0.5, 0.6) is 0 Å². The molecule has 2 rings (SSSR count). The molecule has 0 aromatic carbocycles. The van der Waals surface area contributed by atoms with Gasteiger partial charge >= 0.3 is 6.18 Å². The molecule has 2 heterocycles. The van der Waals surface area contributed by atoms with E-state index >= 15 is 0 Å². The molecule has 0 aliphatic rings. The van der Waals surface area contributed by atoms with Crippen LogP contribution in [0.15, 0.2) is 24.7 Å². The molecule has 0 saturated carbocycles. The second kappa shape index (κ2) is 9.44. The molecule has 0 aliphatic carbocycles. The zero-order chi connectivity index (χ0) is 21.8. The molecule has 0 saturated heterocycles. The van der Waals surface area contributed by atoms with Crippen LogP contribution < -0.4 is 4.90 Å². The lowest BCUT2D eigenvalue weighted by molar-refractivity contribution is -0.129. The Morgan fingerprint density at radius 1 is 1.38 bits per heavy atom. The van der Waals surface area contributed by atoms with Crippen molar-refractivity contribution >= 4 is 39.7 Å². The summed E-state index contributed by atoms with van der Waals surface area (Å²) in [7, 11) is -2.02. The van der Waals surface area contributed by atoms with Gasteiger partial charge in [0.15, 0.2) is 5.15 Å². The number of nitrogens with zero attached hydrogens (tertiary/aromatic N) is 4. The van der Waals surface area contributed by atoms with Crippen molar-refractivity contribution in [3.63, 3.8) is 0 Å². The maximum atomic E-state index is 13.3. The minimum absolute atomic E-state index is 0.0587. The van der Waals surface area contributed by atoms with E-state index in [0.29, 0.717) is 0 Å². The van der Waals surface area contributed by atoms with E-state index in [2.05, 4.69) is 10.1 Å². The number of amides is 1. The Balaban J connectivity index is 2.15. The van der Waals surface area contributed by atoms with Crippen LogP contribution in [0.1, 0.15) is 13.3 Å². The van der Waals surface area contributed by atoms with E-state index in [-0.39, 0.29) is 23.1 Å². The number of nitrogens with one attached hydrogen (secondary N) is 1. The van der Waals surface area contributed by atoms with Crippen molar-refractivity contribution < 1.29 is 26.6 Å². The van der Waals surface area contributed by atoms with Crippen molar-refractivity contribution in [3.05, 3.63) is 35.6 Å². The van der Waals surface area contributed by atoms with Crippen LogP contribution in [0.3, 0.4) is 0 Å². The Morgan fingerprint density at radius 2 is 2.07 bits per heavy atom. The fraction of sp³-hybridized carbons (Fsp3) is 0.375. The van der Waals surface area contributed by atoms with Gasteiger partial charge in [0.25, 0.3) is 5.91 Å². The lowest BCUT2D eigenvalue weighted by Gasteiger charge is -2.19. The summed E-state index contributed by atoms with van der Waals surface area (Å²) in [5.74, 6) is -2.80. The fourth-order valence-corrected chi connectivity index (χ4v) is 3.57. The van der Waals surface area contributed by atoms with E-state index in [1.54, 1.807) is 6.92 Å². The molecule has 0 aliphatic heterocycles. The Bertz CT molecular complexity index is 934. The Hall–Kier alpha value is -2.34. The number of hydrogen-bond acceptors (Lipinski definition) is 5. The third kappa shape index (κ3) is 6.32. The first kappa shape index (κ1) is 22.9. The highest BCUT2D eigenvalue weighted by molar-refractivity contribution is 7.85. The van der Waals surface area contributed by atoms with Crippen LogP contribution in [0.25, 0.3) is 5.69 Å². The maximum Gasteiger partial charge on any atom is 0.390 e. The number of alkyl halides is 3.